The van der Waals surface area contributed by atoms with Crippen LogP contribution in [0.15, 0.2) is 18.3 Å². The molecule has 1 aromatic heterocycles. The van der Waals surface area contributed by atoms with E-state index in [-0.39, 0.29) is 17.9 Å². The zero-order valence-electron chi connectivity index (χ0n) is 9.92. The normalized spacial score (nSPS) is 24.7. The van der Waals surface area contributed by atoms with E-state index in [0.717, 1.165) is 18.9 Å². The first-order chi connectivity index (χ1) is 8.06. The van der Waals surface area contributed by atoms with E-state index >= 15 is 0 Å². The zero-order valence-corrected chi connectivity index (χ0v) is 9.92. The number of ether oxygens (including phenoxy) is 1. The lowest BCUT2D eigenvalue weighted by Crippen LogP contribution is -2.47. The smallest absolute Gasteiger partial charge is 0.308 e. The topological polar surface area (TPSA) is 69.8 Å². The SMILES string of the molecule is C[C@@H]1CN(c2ccc([N+](=O)[O-])c[nH+]2)C[C@H](C)O1. The molecule has 6 nitrogen and oxygen atoms in total. The minimum Gasteiger partial charge on any atom is -0.367 e. The summed E-state index contributed by atoms with van der Waals surface area (Å²) in [4.78, 5) is 15.2. The van der Waals surface area contributed by atoms with Crippen molar-refractivity contribution in [3.63, 3.8) is 0 Å². The maximum Gasteiger partial charge on any atom is 0.308 e. The molecule has 1 saturated heterocycles. The third kappa shape index (κ3) is 2.71. The Hall–Kier alpha value is -1.69. The first-order valence-corrected chi connectivity index (χ1v) is 5.63. The van der Waals surface area contributed by atoms with E-state index in [0.29, 0.717) is 0 Å². The molecule has 1 aliphatic heterocycles. The number of anilines is 1. The summed E-state index contributed by atoms with van der Waals surface area (Å²) in [5, 5.41) is 10.5. The molecule has 0 aliphatic carbocycles. The lowest BCUT2D eigenvalue weighted by atomic mass is 10.2. The van der Waals surface area contributed by atoms with Crippen molar-refractivity contribution in [2.45, 2.75) is 26.1 Å². The summed E-state index contributed by atoms with van der Waals surface area (Å²) in [6, 6.07) is 3.25. The van der Waals surface area contributed by atoms with Crippen molar-refractivity contribution in [2.24, 2.45) is 0 Å². The van der Waals surface area contributed by atoms with Crippen molar-refractivity contribution in [1.82, 2.24) is 0 Å². The minimum atomic E-state index is -0.412. The Labute approximate surface area is 99.4 Å². The second kappa shape index (κ2) is 4.67. The summed E-state index contributed by atoms with van der Waals surface area (Å²) < 4.78 is 5.64. The molecular weight excluding hydrogens is 222 g/mol. The third-order valence-corrected chi connectivity index (χ3v) is 2.75. The number of H-pyrrole nitrogens is 1. The Morgan fingerprint density at radius 3 is 2.53 bits per heavy atom. The van der Waals surface area contributed by atoms with E-state index < -0.39 is 4.92 Å². The van der Waals surface area contributed by atoms with Crippen LogP contribution in [0.4, 0.5) is 11.5 Å². The molecule has 1 aliphatic rings. The molecule has 0 aromatic carbocycles. The molecule has 92 valence electrons. The minimum absolute atomic E-state index is 0.0723. The average Bonchev–Trinajstić information content (AvgIpc) is 2.28. The van der Waals surface area contributed by atoms with E-state index in [1.165, 1.54) is 12.3 Å². The molecule has 6 heteroatoms. The first-order valence-electron chi connectivity index (χ1n) is 5.63. The molecule has 1 N–H and O–H groups in total. The van der Waals surface area contributed by atoms with Gasteiger partial charge in [-0.05, 0) is 13.8 Å². The monoisotopic (exact) mass is 238 g/mol. The molecule has 17 heavy (non-hydrogen) atoms. The summed E-state index contributed by atoms with van der Waals surface area (Å²) in [6.07, 6.45) is 1.75. The predicted molar refractivity (Wildman–Crippen MR) is 61.9 cm³/mol. The highest BCUT2D eigenvalue weighted by molar-refractivity contribution is 5.37. The fraction of sp³-hybridized carbons (Fsp3) is 0.545. The quantitative estimate of drug-likeness (QED) is 0.570. The molecule has 1 fully saturated rings. The predicted octanol–water partition coefficient (Wildman–Crippen LogP) is 1.02. The van der Waals surface area contributed by atoms with E-state index in [4.69, 9.17) is 4.74 Å². The van der Waals surface area contributed by atoms with Gasteiger partial charge in [0.2, 0.25) is 0 Å². The molecule has 0 bridgehead atoms. The molecule has 0 amide bonds. The van der Waals surface area contributed by atoms with Gasteiger partial charge in [0.1, 0.15) is 13.1 Å². The zero-order chi connectivity index (χ0) is 12.4. The fourth-order valence-corrected chi connectivity index (χ4v) is 2.09. The van der Waals surface area contributed by atoms with Crippen LogP contribution in [-0.4, -0.2) is 30.2 Å². The van der Waals surface area contributed by atoms with Gasteiger partial charge in [0, 0.05) is 12.1 Å². The number of hydrogen-bond acceptors (Lipinski definition) is 4. The number of hydrogen-bond donors (Lipinski definition) is 0. The van der Waals surface area contributed by atoms with E-state index in [1.807, 2.05) is 13.8 Å². The molecule has 1 aromatic rings. The van der Waals surface area contributed by atoms with Gasteiger partial charge in [-0.25, -0.2) is 4.98 Å². The highest BCUT2D eigenvalue weighted by atomic mass is 16.6. The van der Waals surface area contributed by atoms with Crippen LogP contribution in [0, 0.1) is 10.1 Å². The molecule has 0 spiro atoms. The second-order valence-corrected chi connectivity index (χ2v) is 4.35. The number of nitrogens with one attached hydrogen (secondary N) is 1. The van der Waals surface area contributed by atoms with Gasteiger partial charge in [-0.3, -0.25) is 15.0 Å². The van der Waals surface area contributed by atoms with Crippen molar-refractivity contribution in [1.29, 1.82) is 0 Å². The van der Waals surface area contributed by atoms with Crippen LogP contribution in [0.1, 0.15) is 13.8 Å². The summed E-state index contributed by atoms with van der Waals surface area (Å²) in [5.41, 5.74) is 0.0723. The van der Waals surface area contributed by atoms with Gasteiger partial charge in [0.25, 0.3) is 5.82 Å². The maximum absolute atomic E-state index is 10.5. The highest BCUT2D eigenvalue weighted by Crippen LogP contribution is 2.17. The molecular formula is C11H16N3O3+. The van der Waals surface area contributed by atoms with E-state index in [1.54, 1.807) is 6.07 Å². The molecule has 0 radical (unpaired) electrons. The fourth-order valence-electron chi connectivity index (χ4n) is 2.09. The summed E-state index contributed by atoms with van der Waals surface area (Å²) in [7, 11) is 0. The van der Waals surface area contributed by atoms with E-state index in [2.05, 4.69) is 9.88 Å². The summed E-state index contributed by atoms with van der Waals surface area (Å²) >= 11 is 0. The van der Waals surface area contributed by atoms with E-state index in [9.17, 15) is 10.1 Å². The lowest BCUT2D eigenvalue weighted by molar-refractivity contribution is -0.414. The Bertz CT molecular complexity index is 397. The van der Waals surface area contributed by atoms with Crippen LogP contribution < -0.4 is 9.88 Å². The van der Waals surface area contributed by atoms with Crippen molar-refractivity contribution < 1.29 is 14.6 Å². The van der Waals surface area contributed by atoms with Crippen LogP contribution >= 0.6 is 0 Å². The van der Waals surface area contributed by atoms with Gasteiger partial charge in [0.15, 0.2) is 6.20 Å². The highest BCUT2D eigenvalue weighted by Gasteiger charge is 2.28. The number of morpholine rings is 1. The third-order valence-electron chi connectivity index (χ3n) is 2.75. The number of rotatable bonds is 2. The molecule has 2 atom stereocenters. The molecule has 0 unspecified atom stereocenters. The van der Waals surface area contributed by atoms with Crippen molar-refractivity contribution in [3.8, 4) is 0 Å². The lowest BCUT2D eigenvalue weighted by Gasteiger charge is -2.30. The average molecular weight is 238 g/mol. The number of aromatic nitrogens is 1. The van der Waals surface area contributed by atoms with Gasteiger partial charge < -0.3 is 4.74 Å². The van der Waals surface area contributed by atoms with Gasteiger partial charge in [0.05, 0.1) is 17.1 Å². The largest absolute Gasteiger partial charge is 0.367 e. The van der Waals surface area contributed by atoms with Crippen LogP contribution in [0.2, 0.25) is 0 Å². The Balaban J connectivity index is 2.14. The maximum atomic E-state index is 10.5. The number of nitro groups is 1. The van der Waals surface area contributed by atoms with Gasteiger partial charge in [-0.1, -0.05) is 0 Å². The van der Waals surface area contributed by atoms with Crippen LogP contribution in [0.25, 0.3) is 0 Å². The van der Waals surface area contributed by atoms with Crippen molar-refractivity contribution in [3.05, 3.63) is 28.4 Å². The Morgan fingerprint density at radius 2 is 2.06 bits per heavy atom. The Morgan fingerprint density at radius 1 is 1.41 bits per heavy atom. The molecule has 0 saturated carbocycles. The van der Waals surface area contributed by atoms with Crippen molar-refractivity contribution in [2.75, 3.05) is 18.0 Å². The van der Waals surface area contributed by atoms with Crippen LogP contribution in [0.3, 0.4) is 0 Å². The van der Waals surface area contributed by atoms with Crippen molar-refractivity contribution >= 4 is 11.5 Å². The van der Waals surface area contributed by atoms with Crippen LogP contribution in [-0.2, 0) is 4.74 Å². The Kier molecular flexibility index (Phi) is 3.23. The number of aromatic amines is 1. The van der Waals surface area contributed by atoms with Gasteiger partial charge in [-0.15, -0.1) is 0 Å². The first kappa shape index (κ1) is 11.8. The number of pyridine rings is 1. The van der Waals surface area contributed by atoms with Gasteiger partial charge in [-0.2, -0.15) is 0 Å². The second-order valence-electron chi connectivity index (χ2n) is 4.35. The molecule has 2 heterocycles. The van der Waals surface area contributed by atoms with Gasteiger partial charge >= 0.3 is 5.69 Å². The molecule has 2 rings (SSSR count). The van der Waals surface area contributed by atoms with Crippen LogP contribution in [0.5, 0.6) is 0 Å². The summed E-state index contributed by atoms with van der Waals surface area (Å²) in [6.45, 7) is 5.62. The summed E-state index contributed by atoms with van der Waals surface area (Å²) in [5.74, 6) is 0.887. The number of nitrogens with zero attached hydrogens (tertiary/aromatic N) is 2. The standard InChI is InChI=1S/C11H15N3O3/c1-8-6-13(7-9(2)17-8)11-4-3-10(5-12-11)14(15)16/h3-5,8-9H,6-7H2,1-2H3/p+1/t8-,9+.